The zero-order chi connectivity index (χ0) is 60.2. The molecule has 0 aromatic rings. The van der Waals surface area contributed by atoms with Gasteiger partial charge in [-0.1, -0.05) is 261 Å². The molecule has 2 heterocycles. The predicted octanol–water partition coefficient (Wildman–Crippen LogP) is 13.3. The Kier molecular flexibility index (Phi) is 49.9. The van der Waals surface area contributed by atoms with Crippen LogP contribution in [0.4, 0.5) is 0 Å². The van der Waals surface area contributed by atoms with Gasteiger partial charge in [-0.2, -0.15) is 0 Å². The highest BCUT2D eigenvalue weighted by molar-refractivity contribution is 5.76. The quantitative estimate of drug-likeness (QED) is 0.0204. The standard InChI is InChI=1S/C69H125NO13/c1-3-5-7-9-11-13-15-16-17-18-19-20-21-22-23-24-25-26-27-28-29-30-31-32-33-34-35-36-37-38-39-40-41-42-43-45-47-49-51-53-61(74)70-57(58(73)52-50-48-46-44-14-12-10-8-6-4-2)56-80-68-66(79)64(77)67(60(55-72)82-68)83-69-65(78)63(76)62(75)59(54-71)81-69/h14-16,18-19,21-22,44,50,52,57-60,62-69,71-73,75-79H,3-13,17,20,23-43,45-49,51,53-56H2,1-2H3,(H,70,74)/b16-15-,19-18-,22-21-,44-14+,52-50+. The van der Waals surface area contributed by atoms with Gasteiger partial charge in [0.25, 0.3) is 0 Å². The van der Waals surface area contributed by atoms with Crippen LogP contribution in [0.1, 0.15) is 277 Å². The van der Waals surface area contributed by atoms with E-state index in [9.17, 15) is 45.6 Å². The number of nitrogens with one attached hydrogen (secondary N) is 1. The van der Waals surface area contributed by atoms with Gasteiger partial charge in [0.15, 0.2) is 12.6 Å². The van der Waals surface area contributed by atoms with Gasteiger partial charge >= 0.3 is 0 Å². The van der Waals surface area contributed by atoms with E-state index in [2.05, 4.69) is 67.8 Å². The Bertz CT molecular complexity index is 1620. The monoisotopic (exact) mass is 1180 g/mol. The van der Waals surface area contributed by atoms with Crippen molar-refractivity contribution in [2.75, 3.05) is 19.8 Å². The lowest BCUT2D eigenvalue weighted by Crippen LogP contribution is -2.65. The molecule has 0 aromatic heterocycles. The highest BCUT2D eigenvalue weighted by atomic mass is 16.7. The maximum atomic E-state index is 13.2. The first-order valence-electron chi connectivity index (χ1n) is 34.0. The van der Waals surface area contributed by atoms with Crippen molar-refractivity contribution >= 4 is 5.91 Å². The van der Waals surface area contributed by atoms with Crippen molar-refractivity contribution in [3.05, 3.63) is 60.8 Å². The summed E-state index contributed by atoms with van der Waals surface area (Å²) in [4.78, 5) is 13.2. The van der Waals surface area contributed by atoms with Crippen LogP contribution in [0.25, 0.3) is 0 Å². The zero-order valence-electron chi connectivity index (χ0n) is 52.4. The number of unbranched alkanes of at least 4 members (excludes halogenated alkanes) is 34. The summed E-state index contributed by atoms with van der Waals surface area (Å²) in [7, 11) is 0. The predicted molar refractivity (Wildman–Crippen MR) is 337 cm³/mol. The Labute approximate surface area is 505 Å². The van der Waals surface area contributed by atoms with Crippen LogP contribution in [0, 0.1) is 0 Å². The Hall–Kier alpha value is -2.31. The molecule has 0 aliphatic carbocycles. The second-order valence-electron chi connectivity index (χ2n) is 23.9. The van der Waals surface area contributed by atoms with Crippen LogP contribution in [0.15, 0.2) is 60.8 Å². The SMILES string of the molecule is CCCCCC/C=C/CC/C=C/C(O)C(COC1OC(CO)C(OC2OC(CO)C(O)C(O)C2O)C(O)C1O)NC(=O)CCCCCCCCCCCCCCCCCCCCCCCCCC/C=C\C/C=C\C/C=C\CCCCCCC. The summed E-state index contributed by atoms with van der Waals surface area (Å²) in [6, 6.07) is -0.929. The number of hydrogen-bond donors (Lipinski definition) is 9. The number of aliphatic hydroxyl groups is 8. The maximum Gasteiger partial charge on any atom is 0.220 e. The van der Waals surface area contributed by atoms with E-state index < -0.39 is 86.8 Å². The van der Waals surface area contributed by atoms with Gasteiger partial charge in [0.2, 0.25) is 5.91 Å². The molecule has 2 fully saturated rings. The summed E-state index contributed by atoms with van der Waals surface area (Å²) in [6.45, 7) is 2.73. The molecule has 0 radical (unpaired) electrons. The third-order valence-electron chi connectivity index (χ3n) is 16.4. The molecular weight excluding hydrogens is 1050 g/mol. The third-order valence-corrected chi connectivity index (χ3v) is 16.4. The second-order valence-corrected chi connectivity index (χ2v) is 23.9. The first-order chi connectivity index (χ1) is 40.6. The van der Waals surface area contributed by atoms with E-state index in [1.54, 1.807) is 6.08 Å². The largest absolute Gasteiger partial charge is 0.394 e. The molecule has 2 rings (SSSR count). The van der Waals surface area contributed by atoms with E-state index in [0.29, 0.717) is 12.8 Å². The topological polar surface area (TPSA) is 228 Å². The van der Waals surface area contributed by atoms with Crippen LogP contribution in [0.3, 0.4) is 0 Å². The van der Waals surface area contributed by atoms with Crippen molar-refractivity contribution < 1.29 is 64.6 Å². The summed E-state index contributed by atoms with van der Waals surface area (Å²) in [5, 5.41) is 86.9. The molecule has 12 atom stereocenters. The molecule has 2 aliphatic heterocycles. The molecule has 1 amide bonds. The molecule has 9 N–H and O–H groups in total. The van der Waals surface area contributed by atoms with Gasteiger partial charge in [0.1, 0.15) is 48.8 Å². The number of allylic oxidation sites excluding steroid dienone is 9. The molecule has 0 aromatic carbocycles. The molecule has 0 bridgehead atoms. The van der Waals surface area contributed by atoms with Crippen molar-refractivity contribution in [2.45, 2.75) is 351 Å². The fourth-order valence-electron chi connectivity index (χ4n) is 11.0. The summed E-state index contributed by atoms with van der Waals surface area (Å²) in [5.41, 5.74) is 0. The molecule has 484 valence electrons. The zero-order valence-corrected chi connectivity index (χ0v) is 52.4. The molecule has 0 spiro atoms. The van der Waals surface area contributed by atoms with E-state index >= 15 is 0 Å². The molecule has 0 saturated carbocycles. The summed E-state index contributed by atoms with van der Waals surface area (Å²) in [6.07, 6.45) is 54.7. The van der Waals surface area contributed by atoms with E-state index in [1.807, 2.05) is 6.08 Å². The minimum atomic E-state index is -1.79. The molecule has 2 aliphatic rings. The van der Waals surface area contributed by atoms with Crippen molar-refractivity contribution in [3.8, 4) is 0 Å². The average molecular weight is 1180 g/mol. The van der Waals surface area contributed by atoms with Gasteiger partial charge in [-0.25, -0.2) is 0 Å². The molecule has 14 heteroatoms. The first-order valence-corrected chi connectivity index (χ1v) is 34.0. The molecule has 2 saturated heterocycles. The summed E-state index contributed by atoms with van der Waals surface area (Å²) in [5.74, 6) is -0.248. The number of amides is 1. The van der Waals surface area contributed by atoms with E-state index in [1.165, 1.54) is 199 Å². The van der Waals surface area contributed by atoms with Crippen LogP contribution in [-0.4, -0.2) is 140 Å². The maximum absolute atomic E-state index is 13.2. The van der Waals surface area contributed by atoms with Gasteiger partial charge in [0, 0.05) is 6.42 Å². The van der Waals surface area contributed by atoms with Crippen LogP contribution >= 0.6 is 0 Å². The van der Waals surface area contributed by atoms with Crippen LogP contribution < -0.4 is 5.32 Å². The Morgan fingerprint density at radius 1 is 0.434 bits per heavy atom. The normalized spacial score (nSPS) is 24.2. The highest BCUT2D eigenvalue weighted by Crippen LogP contribution is 2.30. The number of carbonyl (C=O) groups excluding carboxylic acids is 1. The van der Waals surface area contributed by atoms with Gasteiger partial charge < -0.3 is 65.1 Å². The van der Waals surface area contributed by atoms with E-state index in [4.69, 9.17) is 18.9 Å². The number of ether oxygens (including phenoxy) is 4. The van der Waals surface area contributed by atoms with Crippen molar-refractivity contribution in [1.82, 2.24) is 5.32 Å². The third kappa shape index (κ3) is 38.6. The van der Waals surface area contributed by atoms with Gasteiger partial charge in [-0.3, -0.25) is 4.79 Å². The Morgan fingerprint density at radius 2 is 0.807 bits per heavy atom. The summed E-state index contributed by atoms with van der Waals surface area (Å²) >= 11 is 0. The fourth-order valence-corrected chi connectivity index (χ4v) is 11.0. The van der Waals surface area contributed by atoms with Crippen LogP contribution in [-0.2, 0) is 23.7 Å². The number of hydrogen-bond acceptors (Lipinski definition) is 13. The summed E-state index contributed by atoms with van der Waals surface area (Å²) < 4.78 is 22.7. The smallest absolute Gasteiger partial charge is 0.220 e. The molecular formula is C69H125NO13. The Morgan fingerprint density at radius 3 is 1.28 bits per heavy atom. The molecule has 83 heavy (non-hydrogen) atoms. The minimum Gasteiger partial charge on any atom is -0.394 e. The van der Waals surface area contributed by atoms with Crippen LogP contribution in [0.5, 0.6) is 0 Å². The number of aliphatic hydroxyl groups excluding tert-OH is 8. The Balaban J connectivity index is 1.53. The lowest BCUT2D eigenvalue weighted by atomic mass is 9.97. The van der Waals surface area contributed by atoms with E-state index in [0.717, 1.165) is 44.9 Å². The lowest BCUT2D eigenvalue weighted by Gasteiger charge is -2.46. The highest BCUT2D eigenvalue weighted by Gasteiger charge is 2.51. The van der Waals surface area contributed by atoms with E-state index in [-0.39, 0.29) is 18.9 Å². The number of rotatable bonds is 55. The van der Waals surface area contributed by atoms with Crippen LogP contribution in [0.2, 0.25) is 0 Å². The van der Waals surface area contributed by atoms with Crippen molar-refractivity contribution in [3.63, 3.8) is 0 Å². The fraction of sp³-hybridized carbons (Fsp3) is 0.841. The average Bonchev–Trinajstić information content (AvgIpc) is 3.51. The van der Waals surface area contributed by atoms with Gasteiger partial charge in [-0.05, 0) is 70.6 Å². The van der Waals surface area contributed by atoms with Gasteiger partial charge in [-0.15, -0.1) is 0 Å². The first kappa shape index (κ1) is 76.8. The van der Waals surface area contributed by atoms with Gasteiger partial charge in [0.05, 0.1) is 32.0 Å². The second kappa shape index (κ2) is 53.9. The van der Waals surface area contributed by atoms with Crippen molar-refractivity contribution in [1.29, 1.82) is 0 Å². The molecule has 14 nitrogen and oxygen atoms in total. The minimum absolute atomic E-state index is 0.248. The van der Waals surface area contributed by atoms with Crippen molar-refractivity contribution in [2.24, 2.45) is 0 Å². The lowest BCUT2D eigenvalue weighted by molar-refractivity contribution is -0.359. The molecule has 12 unspecified atom stereocenters. The number of carbonyl (C=O) groups is 1.